The van der Waals surface area contributed by atoms with Gasteiger partial charge in [0.05, 0.1) is 6.61 Å². The largest absolute Gasteiger partial charge is 0.461 e. The maximum atomic E-state index is 11.6. The molecule has 0 spiro atoms. The summed E-state index contributed by atoms with van der Waals surface area (Å²) in [7, 11) is 0. The molecule has 0 fully saturated rings. The van der Waals surface area contributed by atoms with Crippen molar-refractivity contribution in [1.29, 1.82) is 0 Å². The minimum atomic E-state index is -0.637. The zero-order valence-electron chi connectivity index (χ0n) is 13.7. The van der Waals surface area contributed by atoms with Crippen molar-refractivity contribution in [2.45, 2.75) is 38.7 Å². The van der Waals surface area contributed by atoms with E-state index in [2.05, 4.69) is 6.58 Å². The summed E-state index contributed by atoms with van der Waals surface area (Å²) in [5, 5.41) is 9.57. The van der Waals surface area contributed by atoms with Crippen LogP contribution in [-0.4, -0.2) is 30.3 Å². The Kier molecular flexibility index (Phi) is 7.48. The third-order valence-electron chi connectivity index (χ3n) is 3.80. The molecular formula is C18H24O5. The lowest BCUT2D eigenvalue weighted by atomic mass is 9.80. The number of carbonyl (C=O) groups is 2. The second-order valence-corrected chi connectivity index (χ2v) is 5.58. The van der Waals surface area contributed by atoms with Gasteiger partial charge in [-0.1, -0.05) is 50.8 Å². The zero-order chi connectivity index (χ0) is 17.3. The molecule has 5 heteroatoms. The fourth-order valence-corrected chi connectivity index (χ4v) is 1.98. The van der Waals surface area contributed by atoms with E-state index < -0.39 is 18.4 Å². The SMILES string of the molecule is C=CCOC(=O)CC(=O)OCc1cccc(C(C)(CC)CO)c1. The highest BCUT2D eigenvalue weighted by atomic mass is 16.6. The normalized spacial score (nSPS) is 13.0. The van der Waals surface area contributed by atoms with Crippen LogP contribution in [0.15, 0.2) is 36.9 Å². The second-order valence-electron chi connectivity index (χ2n) is 5.58. The van der Waals surface area contributed by atoms with Crippen molar-refractivity contribution >= 4 is 11.9 Å². The number of hydrogen-bond acceptors (Lipinski definition) is 5. The Morgan fingerprint density at radius 1 is 1.30 bits per heavy atom. The molecule has 0 heterocycles. The van der Waals surface area contributed by atoms with Gasteiger partial charge in [-0.2, -0.15) is 0 Å². The van der Waals surface area contributed by atoms with Crippen LogP contribution in [-0.2, 0) is 31.1 Å². The molecule has 0 saturated carbocycles. The molecule has 1 aromatic carbocycles. The number of hydrogen-bond donors (Lipinski definition) is 1. The van der Waals surface area contributed by atoms with E-state index in [-0.39, 0.29) is 25.2 Å². The molecule has 0 bridgehead atoms. The van der Waals surface area contributed by atoms with Crippen molar-refractivity contribution in [1.82, 2.24) is 0 Å². The highest BCUT2D eigenvalue weighted by molar-refractivity contribution is 5.91. The number of ether oxygens (including phenoxy) is 2. The molecule has 0 saturated heterocycles. The summed E-state index contributed by atoms with van der Waals surface area (Å²) < 4.78 is 9.81. The van der Waals surface area contributed by atoms with E-state index in [4.69, 9.17) is 9.47 Å². The van der Waals surface area contributed by atoms with Crippen LogP contribution in [0.3, 0.4) is 0 Å². The van der Waals surface area contributed by atoms with Crippen molar-refractivity contribution in [3.8, 4) is 0 Å². The van der Waals surface area contributed by atoms with Crippen LogP contribution in [0.2, 0.25) is 0 Å². The monoisotopic (exact) mass is 320 g/mol. The van der Waals surface area contributed by atoms with E-state index in [1.807, 2.05) is 38.1 Å². The van der Waals surface area contributed by atoms with Gasteiger partial charge in [-0.3, -0.25) is 9.59 Å². The van der Waals surface area contributed by atoms with Gasteiger partial charge in [0, 0.05) is 5.41 Å². The maximum Gasteiger partial charge on any atom is 0.317 e. The first kappa shape index (κ1) is 18.9. The summed E-state index contributed by atoms with van der Waals surface area (Å²) >= 11 is 0. The molecular weight excluding hydrogens is 296 g/mol. The summed E-state index contributed by atoms with van der Waals surface area (Å²) in [5.74, 6) is -1.27. The fraction of sp³-hybridized carbons (Fsp3) is 0.444. The molecule has 5 nitrogen and oxygen atoms in total. The lowest BCUT2D eigenvalue weighted by Crippen LogP contribution is -2.25. The van der Waals surface area contributed by atoms with Gasteiger partial charge in [-0.15, -0.1) is 0 Å². The minimum Gasteiger partial charge on any atom is -0.461 e. The number of aliphatic hydroxyl groups excluding tert-OH is 1. The predicted octanol–water partition coefficient (Wildman–Crippen LogP) is 2.51. The van der Waals surface area contributed by atoms with Gasteiger partial charge < -0.3 is 14.6 Å². The first-order valence-electron chi connectivity index (χ1n) is 7.57. The molecule has 0 aliphatic rings. The van der Waals surface area contributed by atoms with E-state index in [1.54, 1.807) is 0 Å². The molecule has 1 N–H and O–H groups in total. The average Bonchev–Trinajstić information content (AvgIpc) is 2.57. The first-order valence-corrected chi connectivity index (χ1v) is 7.57. The molecule has 0 aliphatic carbocycles. The van der Waals surface area contributed by atoms with Crippen LogP contribution in [0.25, 0.3) is 0 Å². The van der Waals surface area contributed by atoms with Crippen LogP contribution >= 0.6 is 0 Å². The van der Waals surface area contributed by atoms with Crippen molar-refractivity contribution in [2.24, 2.45) is 0 Å². The molecule has 1 aromatic rings. The van der Waals surface area contributed by atoms with Gasteiger partial charge in [0.15, 0.2) is 0 Å². The Hall–Kier alpha value is -2.14. The summed E-state index contributed by atoms with van der Waals surface area (Å²) in [4.78, 5) is 22.9. The second kappa shape index (κ2) is 9.10. The number of benzene rings is 1. The van der Waals surface area contributed by atoms with Crippen molar-refractivity contribution in [3.05, 3.63) is 48.0 Å². The molecule has 23 heavy (non-hydrogen) atoms. The number of aliphatic hydroxyl groups is 1. The van der Waals surface area contributed by atoms with Crippen LogP contribution < -0.4 is 0 Å². The molecule has 0 aromatic heterocycles. The van der Waals surface area contributed by atoms with Gasteiger partial charge >= 0.3 is 11.9 Å². The predicted molar refractivity (Wildman–Crippen MR) is 86.7 cm³/mol. The van der Waals surface area contributed by atoms with Gasteiger partial charge in [-0.05, 0) is 17.5 Å². The Morgan fingerprint density at radius 3 is 2.61 bits per heavy atom. The lowest BCUT2D eigenvalue weighted by molar-refractivity contribution is -0.154. The van der Waals surface area contributed by atoms with Crippen LogP contribution in [0.1, 0.15) is 37.8 Å². The highest BCUT2D eigenvalue weighted by Crippen LogP contribution is 2.27. The molecule has 0 amide bonds. The smallest absolute Gasteiger partial charge is 0.317 e. The Balaban J connectivity index is 2.60. The topological polar surface area (TPSA) is 72.8 Å². The van der Waals surface area contributed by atoms with Crippen LogP contribution in [0.4, 0.5) is 0 Å². The summed E-state index contributed by atoms with van der Waals surface area (Å²) in [6.45, 7) is 7.60. The molecule has 1 atom stereocenters. The number of carbonyl (C=O) groups excluding carboxylic acids is 2. The Morgan fingerprint density at radius 2 is 2.00 bits per heavy atom. The van der Waals surface area contributed by atoms with Gasteiger partial charge in [0.25, 0.3) is 0 Å². The molecule has 1 rings (SSSR count). The summed E-state index contributed by atoms with van der Waals surface area (Å²) in [5.41, 5.74) is 1.47. The van der Waals surface area contributed by atoms with E-state index >= 15 is 0 Å². The zero-order valence-corrected chi connectivity index (χ0v) is 13.7. The Bertz CT molecular complexity index is 546. The van der Waals surface area contributed by atoms with Crippen LogP contribution in [0.5, 0.6) is 0 Å². The van der Waals surface area contributed by atoms with Crippen molar-refractivity contribution in [2.75, 3.05) is 13.2 Å². The van der Waals surface area contributed by atoms with Crippen molar-refractivity contribution in [3.63, 3.8) is 0 Å². The summed E-state index contributed by atoms with van der Waals surface area (Å²) in [6.07, 6.45) is 1.80. The van der Waals surface area contributed by atoms with E-state index in [1.165, 1.54) is 6.08 Å². The average molecular weight is 320 g/mol. The number of esters is 2. The molecule has 126 valence electrons. The quantitative estimate of drug-likeness (QED) is 0.430. The van der Waals surface area contributed by atoms with Crippen LogP contribution in [0, 0.1) is 0 Å². The van der Waals surface area contributed by atoms with E-state index in [0.717, 1.165) is 17.5 Å². The maximum absolute atomic E-state index is 11.6. The first-order chi connectivity index (χ1) is 10.9. The number of rotatable bonds is 9. The van der Waals surface area contributed by atoms with Gasteiger partial charge in [0.2, 0.25) is 0 Å². The molecule has 0 radical (unpaired) electrons. The van der Waals surface area contributed by atoms with E-state index in [0.29, 0.717) is 0 Å². The molecule has 1 unspecified atom stereocenters. The third kappa shape index (κ3) is 5.87. The van der Waals surface area contributed by atoms with Crippen molar-refractivity contribution < 1.29 is 24.2 Å². The Labute approximate surface area is 136 Å². The molecule has 0 aliphatic heterocycles. The lowest BCUT2D eigenvalue weighted by Gasteiger charge is -2.26. The third-order valence-corrected chi connectivity index (χ3v) is 3.80. The summed E-state index contributed by atoms with van der Waals surface area (Å²) in [6, 6.07) is 7.54. The standard InChI is InChI=1S/C18H24O5/c1-4-9-22-16(20)11-17(21)23-12-14-7-6-8-15(10-14)18(3,5-2)13-19/h4,6-8,10,19H,1,5,9,11-13H2,2-3H3. The van der Waals surface area contributed by atoms with E-state index in [9.17, 15) is 14.7 Å². The van der Waals surface area contributed by atoms with Gasteiger partial charge in [-0.25, -0.2) is 0 Å². The van der Waals surface area contributed by atoms with Gasteiger partial charge in [0.1, 0.15) is 19.6 Å². The highest BCUT2D eigenvalue weighted by Gasteiger charge is 2.23. The fourth-order valence-electron chi connectivity index (χ4n) is 1.98. The minimum absolute atomic E-state index is 0.0435.